The summed E-state index contributed by atoms with van der Waals surface area (Å²) in [7, 11) is 1.70. The zero-order chi connectivity index (χ0) is 12.6. The van der Waals surface area contributed by atoms with E-state index in [4.69, 9.17) is 10.5 Å². The van der Waals surface area contributed by atoms with Crippen molar-refractivity contribution >= 4 is 21.4 Å². The van der Waals surface area contributed by atoms with Gasteiger partial charge in [0.15, 0.2) is 0 Å². The Balaban J connectivity index is 2.73. The highest BCUT2D eigenvalue weighted by Gasteiger charge is 2.22. The van der Waals surface area contributed by atoms with Crippen LogP contribution in [0.4, 0.5) is 0 Å². The molecule has 17 heavy (non-hydrogen) atoms. The third kappa shape index (κ3) is 2.17. The van der Waals surface area contributed by atoms with Crippen molar-refractivity contribution in [3.63, 3.8) is 0 Å². The van der Waals surface area contributed by atoms with Crippen molar-refractivity contribution in [1.29, 1.82) is 0 Å². The summed E-state index contributed by atoms with van der Waals surface area (Å²) in [5, 5.41) is 1.31. The highest BCUT2D eigenvalue weighted by atomic mass is 32.1. The molecule has 0 saturated carbocycles. The number of rotatable bonds is 2. The summed E-state index contributed by atoms with van der Waals surface area (Å²) in [4.78, 5) is 1.28. The van der Waals surface area contributed by atoms with Gasteiger partial charge in [0, 0.05) is 16.1 Å². The summed E-state index contributed by atoms with van der Waals surface area (Å²) >= 11 is 1.78. The van der Waals surface area contributed by atoms with Crippen LogP contribution in [0.25, 0.3) is 10.1 Å². The normalized spacial score (nSPS) is 12.1. The number of hydrogen-bond acceptors (Lipinski definition) is 3. The van der Waals surface area contributed by atoms with Crippen LogP contribution in [0.15, 0.2) is 18.2 Å². The standard InChI is InChI=1S/C14H19NOS/c1-14(2,3)13-10-6-5-9(16-4)7-11(10)17-12(13)8-15/h5-7H,8,15H2,1-4H3. The second-order valence-electron chi connectivity index (χ2n) is 5.22. The molecule has 0 aliphatic carbocycles. The molecule has 2 nitrogen and oxygen atoms in total. The van der Waals surface area contributed by atoms with Crippen molar-refractivity contribution in [1.82, 2.24) is 0 Å². The lowest BCUT2D eigenvalue weighted by atomic mass is 9.85. The molecule has 1 heterocycles. The van der Waals surface area contributed by atoms with E-state index in [9.17, 15) is 0 Å². The van der Waals surface area contributed by atoms with E-state index in [1.165, 1.54) is 20.5 Å². The number of fused-ring (bicyclic) bond motifs is 1. The minimum absolute atomic E-state index is 0.127. The third-order valence-corrected chi connectivity index (χ3v) is 4.08. The molecule has 0 spiro atoms. The maximum absolute atomic E-state index is 5.86. The summed E-state index contributed by atoms with van der Waals surface area (Å²) in [5.74, 6) is 0.905. The fourth-order valence-corrected chi connectivity index (χ4v) is 3.54. The summed E-state index contributed by atoms with van der Waals surface area (Å²) in [6.45, 7) is 7.31. The largest absolute Gasteiger partial charge is 0.497 e. The molecule has 1 aromatic carbocycles. The Morgan fingerprint density at radius 3 is 2.53 bits per heavy atom. The first-order valence-corrected chi connectivity index (χ1v) is 6.59. The molecule has 2 aromatic rings. The molecule has 0 unspecified atom stereocenters. The maximum Gasteiger partial charge on any atom is 0.120 e. The van der Waals surface area contributed by atoms with Crippen molar-refractivity contribution in [3.8, 4) is 5.75 Å². The van der Waals surface area contributed by atoms with E-state index in [-0.39, 0.29) is 5.41 Å². The van der Waals surface area contributed by atoms with Gasteiger partial charge in [-0.3, -0.25) is 0 Å². The van der Waals surface area contributed by atoms with Gasteiger partial charge >= 0.3 is 0 Å². The monoisotopic (exact) mass is 249 g/mol. The van der Waals surface area contributed by atoms with E-state index >= 15 is 0 Å². The minimum atomic E-state index is 0.127. The van der Waals surface area contributed by atoms with Crippen LogP contribution < -0.4 is 10.5 Å². The predicted octanol–water partition coefficient (Wildman–Crippen LogP) is 3.67. The molecular formula is C14H19NOS. The molecule has 2 N–H and O–H groups in total. The van der Waals surface area contributed by atoms with Crippen LogP contribution in [0.3, 0.4) is 0 Å². The SMILES string of the molecule is COc1ccc2c(C(C)(C)C)c(CN)sc2c1. The maximum atomic E-state index is 5.86. The van der Waals surface area contributed by atoms with Gasteiger partial charge in [-0.05, 0) is 34.6 Å². The van der Waals surface area contributed by atoms with Gasteiger partial charge in [0.05, 0.1) is 7.11 Å². The van der Waals surface area contributed by atoms with Crippen LogP contribution in [0, 0.1) is 0 Å². The summed E-state index contributed by atoms with van der Waals surface area (Å²) < 4.78 is 6.53. The lowest BCUT2D eigenvalue weighted by Gasteiger charge is -2.20. The van der Waals surface area contributed by atoms with Gasteiger partial charge in [-0.15, -0.1) is 11.3 Å². The quantitative estimate of drug-likeness (QED) is 0.881. The summed E-state index contributed by atoms with van der Waals surface area (Å²) in [5.41, 5.74) is 7.36. The average Bonchev–Trinajstić information content (AvgIpc) is 2.65. The highest BCUT2D eigenvalue weighted by Crippen LogP contribution is 2.40. The summed E-state index contributed by atoms with van der Waals surface area (Å²) in [6.07, 6.45) is 0. The van der Waals surface area contributed by atoms with E-state index in [2.05, 4.69) is 32.9 Å². The lowest BCUT2D eigenvalue weighted by Crippen LogP contribution is -2.14. The Morgan fingerprint density at radius 2 is 2.00 bits per heavy atom. The molecule has 3 heteroatoms. The molecule has 92 valence electrons. The number of benzene rings is 1. The molecule has 0 radical (unpaired) electrons. The zero-order valence-corrected chi connectivity index (χ0v) is 11.6. The van der Waals surface area contributed by atoms with Gasteiger partial charge in [0.25, 0.3) is 0 Å². The number of ether oxygens (including phenoxy) is 1. The smallest absolute Gasteiger partial charge is 0.120 e. The van der Waals surface area contributed by atoms with Gasteiger partial charge in [-0.1, -0.05) is 20.8 Å². The van der Waals surface area contributed by atoms with Crippen molar-refractivity contribution in [2.45, 2.75) is 32.7 Å². The molecule has 2 rings (SSSR count). The molecule has 0 bridgehead atoms. The lowest BCUT2D eigenvalue weighted by molar-refractivity contribution is 0.415. The van der Waals surface area contributed by atoms with Crippen molar-refractivity contribution < 1.29 is 4.74 Å². The Morgan fingerprint density at radius 1 is 1.29 bits per heavy atom. The van der Waals surface area contributed by atoms with Crippen LogP contribution in [-0.2, 0) is 12.0 Å². The van der Waals surface area contributed by atoms with E-state index in [0.29, 0.717) is 6.54 Å². The first-order valence-electron chi connectivity index (χ1n) is 5.77. The molecule has 0 saturated heterocycles. The van der Waals surface area contributed by atoms with E-state index in [1.807, 2.05) is 6.07 Å². The second kappa shape index (κ2) is 4.31. The van der Waals surface area contributed by atoms with Crippen LogP contribution in [0.2, 0.25) is 0 Å². The Hall–Kier alpha value is -1.06. The predicted molar refractivity (Wildman–Crippen MR) is 75.0 cm³/mol. The van der Waals surface area contributed by atoms with Gasteiger partial charge in [-0.2, -0.15) is 0 Å². The number of thiophene rings is 1. The Bertz CT molecular complexity index is 537. The highest BCUT2D eigenvalue weighted by molar-refractivity contribution is 7.19. The van der Waals surface area contributed by atoms with Crippen molar-refractivity contribution in [3.05, 3.63) is 28.6 Å². The molecule has 0 aliphatic heterocycles. The van der Waals surface area contributed by atoms with E-state index in [0.717, 1.165) is 5.75 Å². The fourth-order valence-electron chi connectivity index (χ4n) is 2.22. The van der Waals surface area contributed by atoms with Gasteiger partial charge in [-0.25, -0.2) is 0 Å². The number of nitrogens with two attached hydrogens (primary N) is 1. The number of hydrogen-bond donors (Lipinski definition) is 1. The van der Waals surface area contributed by atoms with Gasteiger partial charge in [0.2, 0.25) is 0 Å². The van der Waals surface area contributed by atoms with E-state index in [1.54, 1.807) is 18.4 Å². The third-order valence-electron chi connectivity index (χ3n) is 2.91. The minimum Gasteiger partial charge on any atom is -0.497 e. The van der Waals surface area contributed by atoms with Crippen LogP contribution in [-0.4, -0.2) is 7.11 Å². The molecule has 0 aliphatic rings. The Kier molecular flexibility index (Phi) is 3.15. The van der Waals surface area contributed by atoms with Crippen molar-refractivity contribution in [2.75, 3.05) is 7.11 Å². The van der Waals surface area contributed by atoms with E-state index < -0.39 is 0 Å². The molecule has 0 fully saturated rings. The Labute approximate surface area is 106 Å². The first kappa shape index (κ1) is 12.4. The summed E-state index contributed by atoms with van der Waals surface area (Å²) in [6, 6.07) is 6.25. The van der Waals surface area contributed by atoms with Gasteiger partial charge in [0.1, 0.15) is 5.75 Å². The van der Waals surface area contributed by atoms with Crippen LogP contribution in [0.5, 0.6) is 5.75 Å². The van der Waals surface area contributed by atoms with Crippen LogP contribution in [0.1, 0.15) is 31.2 Å². The number of methoxy groups -OCH3 is 1. The van der Waals surface area contributed by atoms with Crippen LogP contribution >= 0.6 is 11.3 Å². The second-order valence-corrected chi connectivity index (χ2v) is 6.35. The molecular weight excluding hydrogens is 230 g/mol. The van der Waals surface area contributed by atoms with Gasteiger partial charge < -0.3 is 10.5 Å². The zero-order valence-electron chi connectivity index (χ0n) is 10.8. The van der Waals surface area contributed by atoms with Crippen molar-refractivity contribution in [2.24, 2.45) is 5.73 Å². The first-order chi connectivity index (χ1) is 7.97. The average molecular weight is 249 g/mol. The molecule has 1 aromatic heterocycles. The molecule has 0 amide bonds. The molecule has 0 atom stereocenters. The fraction of sp³-hybridized carbons (Fsp3) is 0.429. The topological polar surface area (TPSA) is 35.2 Å².